The van der Waals surface area contributed by atoms with Crippen molar-refractivity contribution >= 4 is 11.8 Å². The highest BCUT2D eigenvalue weighted by molar-refractivity contribution is 5.97. The molecule has 2 amide bonds. The van der Waals surface area contributed by atoms with Crippen molar-refractivity contribution in [3.8, 4) is 0 Å². The molecule has 1 aliphatic heterocycles. The van der Waals surface area contributed by atoms with Crippen LogP contribution in [0.2, 0.25) is 0 Å². The van der Waals surface area contributed by atoms with E-state index in [0.29, 0.717) is 5.92 Å². The van der Waals surface area contributed by atoms with Gasteiger partial charge in [0.2, 0.25) is 11.8 Å². The average Bonchev–Trinajstić information content (AvgIpc) is 2.41. The van der Waals surface area contributed by atoms with Crippen LogP contribution in [0.25, 0.3) is 0 Å². The van der Waals surface area contributed by atoms with Crippen LogP contribution < -0.4 is 5.32 Å². The lowest BCUT2D eigenvalue weighted by Gasteiger charge is -2.42. The van der Waals surface area contributed by atoms with Crippen molar-refractivity contribution in [2.24, 2.45) is 11.8 Å². The minimum absolute atomic E-state index is 0.0180. The van der Waals surface area contributed by atoms with E-state index in [2.05, 4.69) is 33.0 Å². The predicted molar refractivity (Wildman–Crippen MR) is 85.8 cm³/mol. The molecule has 122 valence electrons. The Labute approximate surface area is 129 Å². The first-order valence-corrected chi connectivity index (χ1v) is 8.42. The number of hydrogen-bond donors (Lipinski definition) is 1. The van der Waals surface area contributed by atoms with Gasteiger partial charge in [0.15, 0.2) is 0 Å². The Morgan fingerprint density at radius 1 is 1.14 bits per heavy atom. The molecule has 1 saturated heterocycles. The summed E-state index contributed by atoms with van der Waals surface area (Å²) in [7, 11) is 0. The lowest BCUT2D eigenvalue weighted by atomic mass is 9.92. The lowest BCUT2D eigenvalue weighted by molar-refractivity contribution is -0.152. The van der Waals surface area contributed by atoms with Crippen LogP contribution in [0.15, 0.2) is 0 Å². The molecule has 1 aliphatic rings. The second-order valence-electron chi connectivity index (χ2n) is 6.97. The molecule has 1 rings (SSSR count). The fourth-order valence-corrected chi connectivity index (χ4v) is 2.99. The maximum atomic E-state index is 12.7. The van der Waals surface area contributed by atoms with Crippen LogP contribution in [0.5, 0.6) is 0 Å². The smallest absolute Gasteiger partial charge is 0.246 e. The van der Waals surface area contributed by atoms with E-state index in [0.717, 1.165) is 19.3 Å². The second-order valence-corrected chi connectivity index (χ2v) is 6.97. The quantitative estimate of drug-likeness (QED) is 0.785. The molecule has 4 unspecified atom stereocenters. The third kappa shape index (κ3) is 4.45. The summed E-state index contributed by atoms with van der Waals surface area (Å²) in [5, 5.41) is 2.90. The van der Waals surface area contributed by atoms with E-state index in [1.165, 1.54) is 6.42 Å². The maximum absolute atomic E-state index is 12.7. The zero-order chi connectivity index (χ0) is 16.2. The Bertz CT molecular complexity index is 368. The van der Waals surface area contributed by atoms with Crippen molar-refractivity contribution in [1.82, 2.24) is 10.2 Å². The van der Waals surface area contributed by atoms with Gasteiger partial charge < -0.3 is 10.2 Å². The molecule has 0 radical (unpaired) electrons. The summed E-state index contributed by atoms with van der Waals surface area (Å²) in [4.78, 5) is 26.7. The molecule has 1 fully saturated rings. The minimum Gasteiger partial charge on any atom is -0.342 e. The number of amides is 2. The van der Waals surface area contributed by atoms with E-state index >= 15 is 0 Å². The summed E-state index contributed by atoms with van der Waals surface area (Å²) in [6, 6.07) is -0.582. The van der Waals surface area contributed by atoms with E-state index in [1.807, 2.05) is 18.7 Å². The zero-order valence-electron chi connectivity index (χ0n) is 14.5. The Balaban J connectivity index is 2.76. The molecule has 1 N–H and O–H groups in total. The molecule has 4 atom stereocenters. The highest BCUT2D eigenvalue weighted by Gasteiger charge is 2.41. The van der Waals surface area contributed by atoms with Crippen molar-refractivity contribution in [3.63, 3.8) is 0 Å². The fraction of sp³-hybridized carbons (Fsp3) is 0.882. The van der Waals surface area contributed by atoms with Crippen LogP contribution in [0.4, 0.5) is 0 Å². The van der Waals surface area contributed by atoms with Gasteiger partial charge in [-0.2, -0.15) is 0 Å². The number of nitrogens with one attached hydrogen (secondary N) is 1. The van der Waals surface area contributed by atoms with Crippen LogP contribution in [-0.4, -0.2) is 34.8 Å². The Hall–Kier alpha value is -1.06. The normalized spacial score (nSPS) is 26.0. The van der Waals surface area contributed by atoms with E-state index in [9.17, 15) is 9.59 Å². The lowest BCUT2D eigenvalue weighted by Crippen LogP contribution is -2.65. The number of piperazine rings is 1. The molecular formula is C17H32N2O2. The Morgan fingerprint density at radius 3 is 2.29 bits per heavy atom. The van der Waals surface area contributed by atoms with E-state index < -0.39 is 0 Å². The van der Waals surface area contributed by atoms with Gasteiger partial charge in [-0.3, -0.25) is 9.59 Å². The fourth-order valence-electron chi connectivity index (χ4n) is 2.99. The molecule has 0 aromatic carbocycles. The van der Waals surface area contributed by atoms with Gasteiger partial charge in [0.05, 0.1) is 0 Å². The summed E-state index contributed by atoms with van der Waals surface area (Å²) in [6.45, 7) is 12.4. The van der Waals surface area contributed by atoms with Crippen LogP contribution in [0.1, 0.15) is 67.2 Å². The van der Waals surface area contributed by atoms with Crippen LogP contribution in [0, 0.1) is 11.8 Å². The summed E-state index contributed by atoms with van der Waals surface area (Å²) >= 11 is 0. The second kappa shape index (κ2) is 7.81. The predicted octanol–water partition coefficient (Wildman–Crippen LogP) is 2.96. The minimum atomic E-state index is -0.355. The van der Waals surface area contributed by atoms with E-state index in [4.69, 9.17) is 0 Å². The van der Waals surface area contributed by atoms with E-state index in [-0.39, 0.29) is 35.9 Å². The van der Waals surface area contributed by atoms with Crippen LogP contribution in [-0.2, 0) is 9.59 Å². The molecule has 21 heavy (non-hydrogen) atoms. The molecular weight excluding hydrogens is 264 g/mol. The molecule has 1 heterocycles. The number of carbonyl (C=O) groups excluding carboxylic acids is 2. The summed E-state index contributed by atoms with van der Waals surface area (Å²) < 4.78 is 0. The van der Waals surface area contributed by atoms with Gasteiger partial charge in [-0.15, -0.1) is 0 Å². The first kappa shape index (κ1) is 18.0. The molecule has 4 heteroatoms. The van der Waals surface area contributed by atoms with Crippen molar-refractivity contribution in [3.05, 3.63) is 0 Å². The average molecular weight is 296 g/mol. The van der Waals surface area contributed by atoms with Crippen molar-refractivity contribution in [2.75, 3.05) is 0 Å². The molecule has 0 spiro atoms. The monoisotopic (exact) mass is 296 g/mol. The van der Waals surface area contributed by atoms with Crippen LogP contribution >= 0.6 is 0 Å². The number of rotatable bonds is 7. The number of hydrogen-bond acceptors (Lipinski definition) is 2. The highest BCUT2D eigenvalue weighted by Crippen LogP contribution is 2.22. The van der Waals surface area contributed by atoms with E-state index in [1.54, 1.807) is 0 Å². The first-order valence-electron chi connectivity index (χ1n) is 8.42. The molecule has 0 bridgehead atoms. The molecule has 0 saturated carbocycles. The SMILES string of the molecule is CCC(C)C1NC(=O)C(C)N(C(C)CCCC(C)C)C1=O. The van der Waals surface area contributed by atoms with Gasteiger partial charge in [0.25, 0.3) is 0 Å². The zero-order valence-corrected chi connectivity index (χ0v) is 14.5. The summed E-state index contributed by atoms with van der Waals surface area (Å²) in [5.41, 5.74) is 0. The van der Waals surface area contributed by atoms with Gasteiger partial charge in [-0.1, -0.05) is 47.0 Å². The van der Waals surface area contributed by atoms with Gasteiger partial charge in [-0.25, -0.2) is 0 Å². The van der Waals surface area contributed by atoms with Crippen molar-refractivity contribution in [2.45, 2.75) is 85.4 Å². The third-order valence-corrected chi connectivity index (χ3v) is 4.71. The maximum Gasteiger partial charge on any atom is 0.246 e. The van der Waals surface area contributed by atoms with Crippen LogP contribution in [0.3, 0.4) is 0 Å². The molecule has 0 aromatic rings. The van der Waals surface area contributed by atoms with Crippen molar-refractivity contribution < 1.29 is 9.59 Å². The third-order valence-electron chi connectivity index (χ3n) is 4.71. The topological polar surface area (TPSA) is 49.4 Å². The summed E-state index contributed by atoms with van der Waals surface area (Å²) in [6.07, 6.45) is 4.13. The van der Waals surface area contributed by atoms with Gasteiger partial charge in [0, 0.05) is 6.04 Å². The Morgan fingerprint density at radius 2 is 1.76 bits per heavy atom. The van der Waals surface area contributed by atoms with Crippen molar-refractivity contribution in [1.29, 1.82) is 0 Å². The largest absolute Gasteiger partial charge is 0.342 e. The number of carbonyl (C=O) groups is 2. The number of nitrogens with zero attached hydrogens (tertiary/aromatic N) is 1. The first-order chi connectivity index (χ1) is 9.79. The van der Waals surface area contributed by atoms with Gasteiger partial charge in [0.1, 0.15) is 12.1 Å². The Kier molecular flexibility index (Phi) is 6.69. The molecule has 0 aliphatic carbocycles. The molecule has 4 nitrogen and oxygen atoms in total. The standard InChI is InChI=1S/C17H32N2O2/c1-7-12(4)15-17(21)19(14(6)16(20)18-15)13(5)10-8-9-11(2)3/h11-15H,7-10H2,1-6H3,(H,18,20). The van der Waals surface area contributed by atoms with Gasteiger partial charge >= 0.3 is 0 Å². The molecule has 0 aromatic heterocycles. The highest BCUT2D eigenvalue weighted by atomic mass is 16.2. The summed E-state index contributed by atoms with van der Waals surface area (Å²) in [5.74, 6) is 0.936. The van der Waals surface area contributed by atoms with Gasteiger partial charge in [-0.05, 0) is 32.1 Å².